The van der Waals surface area contributed by atoms with Crippen molar-refractivity contribution in [1.82, 2.24) is 5.32 Å². The van der Waals surface area contributed by atoms with E-state index in [1.165, 1.54) is 7.11 Å². The molecule has 1 aromatic rings. The summed E-state index contributed by atoms with van der Waals surface area (Å²) in [7, 11) is 1.37. The van der Waals surface area contributed by atoms with Gasteiger partial charge in [0, 0.05) is 24.7 Å². The van der Waals surface area contributed by atoms with E-state index in [4.69, 9.17) is 0 Å². The van der Waals surface area contributed by atoms with E-state index in [0.717, 1.165) is 24.2 Å². The number of nitrogens with one attached hydrogen (secondary N) is 1. The second kappa shape index (κ2) is 6.52. The first kappa shape index (κ1) is 14.5. The molecule has 1 N–H and O–H groups in total. The number of methoxy groups -OCH3 is 1. The summed E-state index contributed by atoms with van der Waals surface area (Å²) < 4.78 is 4.60. The van der Waals surface area contributed by atoms with Crippen molar-refractivity contribution in [3.8, 4) is 0 Å². The molecule has 1 heterocycles. The zero-order chi connectivity index (χ0) is 14.5. The van der Waals surface area contributed by atoms with E-state index in [-0.39, 0.29) is 24.5 Å². The Bertz CT molecular complexity index is 502. The Morgan fingerprint density at radius 1 is 1.50 bits per heavy atom. The highest BCUT2D eigenvalue weighted by Crippen LogP contribution is 2.24. The minimum absolute atomic E-state index is 0.0201. The van der Waals surface area contributed by atoms with Crippen LogP contribution >= 0.6 is 0 Å². The van der Waals surface area contributed by atoms with Crippen LogP contribution in [0.15, 0.2) is 24.3 Å². The molecule has 0 aliphatic carbocycles. The number of hydrogen-bond acceptors (Lipinski definition) is 4. The number of hydrogen-bond donors (Lipinski definition) is 1. The van der Waals surface area contributed by atoms with Gasteiger partial charge in [0.05, 0.1) is 13.7 Å². The number of ether oxygens (including phenoxy) is 1. The monoisotopic (exact) mass is 276 g/mol. The fourth-order valence-electron chi connectivity index (χ4n) is 2.31. The van der Waals surface area contributed by atoms with Gasteiger partial charge in [-0.05, 0) is 31.0 Å². The fourth-order valence-corrected chi connectivity index (χ4v) is 2.31. The second-order valence-corrected chi connectivity index (χ2v) is 4.92. The van der Waals surface area contributed by atoms with Crippen LogP contribution in [0.2, 0.25) is 0 Å². The molecule has 0 spiro atoms. The van der Waals surface area contributed by atoms with Crippen LogP contribution in [-0.2, 0) is 14.3 Å². The van der Waals surface area contributed by atoms with Crippen LogP contribution in [0.1, 0.15) is 31.4 Å². The highest BCUT2D eigenvalue weighted by Gasteiger charge is 2.22. The van der Waals surface area contributed by atoms with Crippen molar-refractivity contribution in [3.63, 3.8) is 0 Å². The minimum atomic E-state index is -0.289. The Morgan fingerprint density at radius 3 is 2.95 bits per heavy atom. The lowest BCUT2D eigenvalue weighted by molar-refractivity contribution is -0.139. The zero-order valence-electron chi connectivity index (χ0n) is 11.9. The molecule has 0 unspecified atom stereocenters. The van der Waals surface area contributed by atoms with E-state index < -0.39 is 0 Å². The summed E-state index contributed by atoms with van der Waals surface area (Å²) in [6, 6.07) is 7.88. The molecule has 20 heavy (non-hydrogen) atoms. The number of rotatable bonds is 5. The lowest BCUT2D eigenvalue weighted by atomic mass is 10.1. The van der Waals surface area contributed by atoms with Crippen molar-refractivity contribution in [3.05, 3.63) is 29.8 Å². The Morgan fingerprint density at radius 2 is 2.30 bits per heavy atom. The van der Waals surface area contributed by atoms with Crippen molar-refractivity contribution in [2.45, 2.75) is 25.8 Å². The van der Waals surface area contributed by atoms with E-state index in [1.54, 1.807) is 0 Å². The molecule has 0 bridgehead atoms. The van der Waals surface area contributed by atoms with Gasteiger partial charge in [-0.25, -0.2) is 0 Å². The minimum Gasteiger partial charge on any atom is -0.468 e. The van der Waals surface area contributed by atoms with Gasteiger partial charge in [0.25, 0.3) is 0 Å². The Kier molecular flexibility index (Phi) is 4.74. The van der Waals surface area contributed by atoms with Gasteiger partial charge < -0.3 is 15.0 Å². The average molecular weight is 276 g/mol. The predicted octanol–water partition coefficient (Wildman–Crippen LogP) is 1.64. The normalized spacial score (nSPS) is 16.3. The molecule has 1 aliphatic heterocycles. The van der Waals surface area contributed by atoms with Crippen LogP contribution in [-0.4, -0.2) is 32.1 Å². The summed E-state index contributed by atoms with van der Waals surface area (Å²) in [5.74, 6) is -0.111. The van der Waals surface area contributed by atoms with Gasteiger partial charge in [-0.2, -0.15) is 0 Å². The van der Waals surface area contributed by atoms with Crippen molar-refractivity contribution < 1.29 is 14.3 Å². The van der Waals surface area contributed by atoms with E-state index in [0.29, 0.717) is 6.42 Å². The van der Waals surface area contributed by atoms with E-state index in [1.807, 2.05) is 36.1 Å². The third-order valence-electron chi connectivity index (χ3n) is 3.54. The highest BCUT2D eigenvalue weighted by atomic mass is 16.5. The fraction of sp³-hybridized carbons (Fsp3) is 0.467. The summed E-state index contributed by atoms with van der Waals surface area (Å²) >= 11 is 0. The molecule has 1 amide bonds. The average Bonchev–Trinajstić information content (AvgIpc) is 2.90. The maximum absolute atomic E-state index is 11.8. The second-order valence-electron chi connectivity index (χ2n) is 4.92. The Balaban J connectivity index is 2.05. The largest absolute Gasteiger partial charge is 0.468 e. The first-order valence-corrected chi connectivity index (χ1v) is 6.82. The lowest BCUT2D eigenvalue weighted by Crippen LogP contribution is -2.27. The summed E-state index contributed by atoms with van der Waals surface area (Å²) in [6.07, 6.45) is 1.54. The van der Waals surface area contributed by atoms with Gasteiger partial charge in [0.15, 0.2) is 0 Å². The van der Waals surface area contributed by atoms with Crippen molar-refractivity contribution in [2.24, 2.45) is 0 Å². The van der Waals surface area contributed by atoms with Crippen LogP contribution in [0, 0.1) is 0 Å². The van der Waals surface area contributed by atoms with Crippen molar-refractivity contribution >= 4 is 17.6 Å². The van der Waals surface area contributed by atoms with Crippen LogP contribution in [0.3, 0.4) is 0 Å². The van der Waals surface area contributed by atoms with Crippen LogP contribution < -0.4 is 10.2 Å². The SMILES string of the molecule is COC(=O)CN[C@H](C)c1cccc(N2CCCC2=O)c1. The van der Waals surface area contributed by atoms with Crippen LogP contribution in [0.4, 0.5) is 5.69 Å². The number of nitrogens with zero attached hydrogens (tertiary/aromatic N) is 1. The molecule has 5 heteroatoms. The van der Waals surface area contributed by atoms with Gasteiger partial charge in [0.1, 0.15) is 0 Å². The third kappa shape index (κ3) is 3.36. The van der Waals surface area contributed by atoms with Gasteiger partial charge in [-0.3, -0.25) is 9.59 Å². The molecule has 108 valence electrons. The highest BCUT2D eigenvalue weighted by molar-refractivity contribution is 5.95. The van der Waals surface area contributed by atoms with E-state index >= 15 is 0 Å². The first-order valence-electron chi connectivity index (χ1n) is 6.82. The molecule has 5 nitrogen and oxygen atoms in total. The summed E-state index contributed by atoms with van der Waals surface area (Å²) in [4.78, 5) is 24.7. The number of esters is 1. The number of anilines is 1. The van der Waals surface area contributed by atoms with Crippen LogP contribution in [0.25, 0.3) is 0 Å². The molecular weight excluding hydrogens is 256 g/mol. The van der Waals surface area contributed by atoms with Gasteiger partial charge in [-0.15, -0.1) is 0 Å². The first-order chi connectivity index (χ1) is 9.61. The smallest absolute Gasteiger partial charge is 0.319 e. The number of amides is 1. The number of carbonyl (C=O) groups excluding carboxylic acids is 2. The number of benzene rings is 1. The van der Waals surface area contributed by atoms with Gasteiger partial charge in [0.2, 0.25) is 5.91 Å². The maximum Gasteiger partial charge on any atom is 0.319 e. The third-order valence-corrected chi connectivity index (χ3v) is 3.54. The Labute approximate surface area is 118 Å². The quantitative estimate of drug-likeness (QED) is 0.831. The molecule has 1 fully saturated rings. The molecule has 2 rings (SSSR count). The number of carbonyl (C=O) groups is 2. The predicted molar refractivity (Wildman–Crippen MR) is 76.5 cm³/mol. The van der Waals surface area contributed by atoms with E-state index in [2.05, 4.69) is 10.1 Å². The summed E-state index contributed by atoms with van der Waals surface area (Å²) in [5, 5.41) is 3.10. The molecule has 1 saturated heterocycles. The molecule has 0 radical (unpaired) electrons. The van der Waals surface area contributed by atoms with E-state index in [9.17, 15) is 9.59 Å². The molecular formula is C15H20N2O3. The molecule has 1 atom stereocenters. The molecule has 1 aromatic carbocycles. The van der Waals surface area contributed by atoms with Crippen LogP contribution in [0.5, 0.6) is 0 Å². The Hall–Kier alpha value is -1.88. The standard InChI is InChI=1S/C15H20N2O3/c1-11(16-10-15(19)20-2)12-5-3-6-13(9-12)17-8-4-7-14(17)18/h3,5-6,9,11,16H,4,7-8,10H2,1-2H3/t11-/m1/s1. The molecule has 0 saturated carbocycles. The summed E-state index contributed by atoms with van der Waals surface area (Å²) in [6.45, 7) is 2.94. The lowest BCUT2D eigenvalue weighted by Gasteiger charge is -2.19. The van der Waals surface area contributed by atoms with Crippen molar-refractivity contribution in [2.75, 3.05) is 25.1 Å². The van der Waals surface area contributed by atoms with Gasteiger partial charge in [-0.1, -0.05) is 12.1 Å². The molecule has 1 aliphatic rings. The zero-order valence-corrected chi connectivity index (χ0v) is 11.9. The maximum atomic E-state index is 11.8. The van der Waals surface area contributed by atoms with Crippen molar-refractivity contribution in [1.29, 1.82) is 0 Å². The summed E-state index contributed by atoms with van der Waals surface area (Å²) in [5.41, 5.74) is 1.97. The topological polar surface area (TPSA) is 58.6 Å². The van der Waals surface area contributed by atoms with Gasteiger partial charge >= 0.3 is 5.97 Å². The molecule has 0 aromatic heterocycles.